The maximum atomic E-state index is 4.62. The molecule has 0 aliphatic carbocycles. The zero-order valence-electron chi connectivity index (χ0n) is 12.3. The van der Waals surface area contributed by atoms with Gasteiger partial charge in [-0.25, -0.2) is 0 Å². The van der Waals surface area contributed by atoms with E-state index in [4.69, 9.17) is 0 Å². The molecule has 17 heavy (non-hydrogen) atoms. The van der Waals surface area contributed by atoms with Crippen molar-refractivity contribution < 1.29 is 0 Å². The van der Waals surface area contributed by atoms with Gasteiger partial charge in [-0.3, -0.25) is 4.99 Å². The fraction of sp³-hybridized carbons (Fsp3) is 0.923. The molecule has 0 saturated heterocycles. The Hall–Kier alpha value is 0. The SMILES string of the molecule is CCNC(=NCC(C)(C)CC(C)C)NCC.I. The number of hydrogen-bond donors (Lipinski definition) is 2. The van der Waals surface area contributed by atoms with E-state index in [9.17, 15) is 0 Å². The Morgan fingerprint density at radius 1 is 1.12 bits per heavy atom. The second kappa shape index (κ2) is 9.97. The number of nitrogens with zero attached hydrogens (tertiary/aromatic N) is 1. The van der Waals surface area contributed by atoms with E-state index in [1.54, 1.807) is 0 Å². The fourth-order valence-electron chi connectivity index (χ4n) is 1.97. The zero-order chi connectivity index (χ0) is 12.6. The summed E-state index contributed by atoms with van der Waals surface area (Å²) in [5, 5.41) is 6.50. The smallest absolute Gasteiger partial charge is 0.191 e. The van der Waals surface area contributed by atoms with Crippen LogP contribution in [0.1, 0.15) is 48.0 Å². The maximum absolute atomic E-state index is 4.62. The molecule has 0 atom stereocenters. The molecule has 3 nitrogen and oxygen atoms in total. The third kappa shape index (κ3) is 10.9. The van der Waals surface area contributed by atoms with Crippen molar-refractivity contribution in [2.45, 2.75) is 48.0 Å². The summed E-state index contributed by atoms with van der Waals surface area (Å²) in [4.78, 5) is 4.62. The van der Waals surface area contributed by atoms with Crippen LogP contribution in [-0.2, 0) is 0 Å². The van der Waals surface area contributed by atoms with Gasteiger partial charge in [0.1, 0.15) is 0 Å². The van der Waals surface area contributed by atoms with E-state index in [2.05, 4.69) is 57.2 Å². The van der Waals surface area contributed by atoms with Gasteiger partial charge in [-0.15, -0.1) is 24.0 Å². The van der Waals surface area contributed by atoms with Crippen LogP contribution in [0.2, 0.25) is 0 Å². The van der Waals surface area contributed by atoms with Crippen molar-refractivity contribution in [1.82, 2.24) is 10.6 Å². The number of rotatable bonds is 6. The molecule has 0 aromatic carbocycles. The normalized spacial score (nSPS) is 10.8. The van der Waals surface area contributed by atoms with E-state index in [1.165, 1.54) is 6.42 Å². The molecule has 0 aliphatic rings. The van der Waals surface area contributed by atoms with E-state index < -0.39 is 0 Å². The summed E-state index contributed by atoms with van der Waals surface area (Å²) in [7, 11) is 0. The van der Waals surface area contributed by atoms with E-state index in [1.807, 2.05) is 0 Å². The lowest BCUT2D eigenvalue weighted by molar-refractivity contribution is 0.298. The summed E-state index contributed by atoms with van der Waals surface area (Å²) < 4.78 is 0. The van der Waals surface area contributed by atoms with Gasteiger partial charge in [0.25, 0.3) is 0 Å². The molecule has 0 aromatic heterocycles. The number of hydrogen-bond acceptors (Lipinski definition) is 1. The van der Waals surface area contributed by atoms with Gasteiger partial charge < -0.3 is 10.6 Å². The summed E-state index contributed by atoms with van der Waals surface area (Å²) in [6.07, 6.45) is 1.21. The van der Waals surface area contributed by atoms with Gasteiger partial charge in [-0.05, 0) is 31.6 Å². The first-order valence-electron chi connectivity index (χ1n) is 6.43. The first-order chi connectivity index (χ1) is 7.41. The summed E-state index contributed by atoms with van der Waals surface area (Å²) in [5.41, 5.74) is 0.282. The van der Waals surface area contributed by atoms with Gasteiger partial charge in [0, 0.05) is 19.6 Å². The second-order valence-electron chi connectivity index (χ2n) is 5.49. The summed E-state index contributed by atoms with van der Waals surface area (Å²) in [6.45, 7) is 16.0. The van der Waals surface area contributed by atoms with Crippen LogP contribution in [0.4, 0.5) is 0 Å². The van der Waals surface area contributed by atoms with E-state index >= 15 is 0 Å². The van der Waals surface area contributed by atoms with Crippen LogP contribution in [0.25, 0.3) is 0 Å². The molecule has 0 fully saturated rings. The molecule has 0 bridgehead atoms. The molecule has 4 heteroatoms. The molecule has 104 valence electrons. The Balaban J connectivity index is 0. The molecule has 0 aromatic rings. The lowest BCUT2D eigenvalue weighted by Crippen LogP contribution is -2.38. The van der Waals surface area contributed by atoms with E-state index in [0.717, 1.165) is 31.5 Å². The van der Waals surface area contributed by atoms with Crippen molar-refractivity contribution >= 4 is 29.9 Å². The lowest BCUT2D eigenvalue weighted by Gasteiger charge is -2.25. The van der Waals surface area contributed by atoms with Crippen LogP contribution in [0.15, 0.2) is 4.99 Å². The molecule has 2 N–H and O–H groups in total. The minimum atomic E-state index is 0. The predicted octanol–water partition coefficient (Wildman–Crippen LogP) is 3.25. The lowest BCUT2D eigenvalue weighted by atomic mass is 9.84. The summed E-state index contributed by atoms with van der Waals surface area (Å²) in [6, 6.07) is 0. The highest BCUT2D eigenvalue weighted by atomic mass is 127. The fourth-order valence-corrected chi connectivity index (χ4v) is 1.97. The van der Waals surface area contributed by atoms with E-state index in [-0.39, 0.29) is 29.4 Å². The number of aliphatic imine (C=N–C) groups is 1. The first-order valence-corrected chi connectivity index (χ1v) is 6.43. The van der Waals surface area contributed by atoms with Crippen molar-refractivity contribution in [3.63, 3.8) is 0 Å². The third-order valence-electron chi connectivity index (χ3n) is 2.31. The minimum Gasteiger partial charge on any atom is -0.357 e. The van der Waals surface area contributed by atoms with Gasteiger partial charge in [0.05, 0.1) is 0 Å². The topological polar surface area (TPSA) is 36.4 Å². The third-order valence-corrected chi connectivity index (χ3v) is 2.31. The molecule has 0 heterocycles. The van der Waals surface area contributed by atoms with Gasteiger partial charge >= 0.3 is 0 Å². The Labute approximate surface area is 124 Å². The standard InChI is InChI=1S/C13H29N3.HI/c1-7-14-12(15-8-2)16-10-13(5,6)9-11(3)4;/h11H,7-10H2,1-6H3,(H2,14,15,16);1H. The Morgan fingerprint density at radius 3 is 1.94 bits per heavy atom. The van der Waals surface area contributed by atoms with Crippen LogP contribution in [0.3, 0.4) is 0 Å². The van der Waals surface area contributed by atoms with Gasteiger partial charge in [-0.1, -0.05) is 27.7 Å². The van der Waals surface area contributed by atoms with Crippen LogP contribution in [-0.4, -0.2) is 25.6 Å². The van der Waals surface area contributed by atoms with Crippen LogP contribution in [0.5, 0.6) is 0 Å². The van der Waals surface area contributed by atoms with Gasteiger partial charge in [-0.2, -0.15) is 0 Å². The number of guanidine groups is 1. The average molecular weight is 355 g/mol. The number of halogens is 1. The summed E-state index contributed by atoms with van der Waals surface area (Å²) in [5.74, 6) is 1.66. The second-order valence-corrected chi connectivity index (χ2v) is 5.49. The molecule has 0 spiro atoms. The van der Waals surface area contributed by atoms with Crippen molar-refractivity contribution in [3.05, 3.63) is 0 Å². The molecular weight excluding hydrogens is 325 g/mol. The molecule has 0 radical (unpaired) electrons. The molecule has 0 saturated carbocycles. The average Bonchev–Trinajstić information content (AvgIpc) is 2.13. The van der Waals surface area contributed by atoms with Gasteiger partial charge in [0.15, 0.2) is 5.96 Å². The van der Waals surface area contributed by atoms with Crippen molar-refractivity contribution in [1.29, 1.82) is 0 Å². The molecular formula is C13H30IN3. The van der Waals surface area contributed by atoms with Crippen molar-refractivity contribution in [2.75, 3.05) is 19.6 Å². The van der Waals surface area contributed by atoms with Crippen molar-refractivity contribution in [3.8, 4) is 0 Å². The number of nitrogens with one attached hydrogen (secondary N) is 2. The minimum absolute atomic E-state index is 0. The Bertz CT molecular complexity index is 205. The summed E-state index contributed by atoms with van der Waals surface area (Å²) >= 11 is 0. The zero-order valence-corrected chi connectivity index (χ0v) is 14.6. The largest absolute Gasteiger partial charge is 0.357 e. The molecule has 0 amide bonds. The van der Waals surface area contributed by atoms with Gasteiger partial charge in [0.2, 0.25) is 0 Å². The van der Waals surface area contributed by atoms with Crippen LogP contribution < -0.4 is 10.6 Å². The highest BCUT2D eigenvalue weighted by Crippen LogP contribution is 2.25. The van der Waals surface area contributed by atoms with Crippen molar-refractivity contribution in [2.24, 2.45) is 16.3 Å². The molecule has 0 unspecified atom stereocenters. The Morgan fingerprint density at radius 2 is 1.59 bits per heavy atom. The maximum Gasteiger partial charge on any atom is 0.191 e. The van der Waals surface area contributed by atoms with Crippen LogP contribution >= 0.6 is 24.0 Å². The highest BCUT2D eigenvalue weighted by molar-refractivity contribution is 14.0. The Kier molecular flexibility index (Phi) is 11.3. The first kappa shape index (κ1) is 19.3. The molecule has 0 rings (SSSR count). The monoisotopic (exact) mass is 355 g/mol. The van der Waals surface area contributed by atoms with E-state index in [0.29, 0.717) is 0 Å². The quantitative estimate of drug-likeness (QED) is 0.436. The molecule has 0 aliphatic heterocycles. The van der Waals surface area contributed by atoms with Crippen LogP contribution in [0, 0.1) is 11.3 Å². The predicted molar refractivity (Wildman–Crippen MR) is 88.3 cm³/mol. The highest BCUT2D eigenvalue weighted by Gasteiger charge is 2.19.